The minimum Gasteiger partial charge on any atom is -0.493 e. The van der Waals surface area contributed by atoms with Crippen molar-refractivity contribution in [1.82, 2.24) is 0 Å². The Morgan fingerprint density at radius 1 is 1.25 bits per heavy atom. The van der Waals surface area contributed by atoms with Crippen LogP contribution >= 0.6 is 0 Å². The van der Waals surface area contributed by atoms with Crippen LogP contribution in [0.25, 0.3) is 0 Å². The van der Waals surface area contributed by atoms with Crippen molar-refractivity contribution in [3.63, 3.8) is 0 Å². The predicted molar refractivity (Wildman–Crippen MR) is 76.6 cm³/mol. The molecule has 6 nitrogen and oxygen atoms in total. The van der Waals surface area contributed by atoms with Crippen LogP contribution in [0.2, 0.25) is 0 Å². The van der Waals surface area contributed by atoms with Crippen molar-refractivity contribution >= 4 is 11.6 Å². The van der Waals surface area contributed by atoms with E-state index in [-0.39, 0.29) is 31.3 Å². The maximum atomic E-state index is 10.6. The van der Waals surface area contributed by atoms with Crippen molar-refractivity contribution in [2.45, 2.75) is 25.7 Å². The van der Waals surface area contributed by atoms with E-state index in [1.165, 1.54) is 0 Å². The molecular weight excluding hydrogens is 260 g/mol. The summed E-state index contributed by atoms with van der Waals surface area (Å²) in [5, 5.41) is 3.27. The van der Waals surface area contributed by atoms with E-state index in [0.717, 1.165) is 5.69 Å². The summed E-state index contributed by atoms with van der Waals surface area (Å²) >= 11 is 0. The Balaban J connectivity index is 2.47. The lowest BCUT2D eigenvalue weighted by Crippen LogP contribution is -2.33. The Hall–Kier alpha value is -1.79. The summed E-state index contributed by atoms with van der Waals surface area (Å²) in [7, 11) is 3.20. The second-order valence-electron chi connectivity index (χ2n) is 4.36. The highest BCUT2D eigenvalue weighted by Crippen LogP contribution is 2.17. The molecule has 0 fully saturated rings. The standard InChI is InChI=1S/C14H22N2O4/c1-10(14(18-2)19-3)16-11-4-6-12(7-5-11)20-9-8-13(15)17/h4-7,10,14,16H,8-9H2,1-3H3,(H2,15,17). The second-order valence-corrected chi connectivity index (χ2v) is 4.36. The summed E-state index contributed by atoms with van der Waals surface area (Å²) < 4.78 is 15.7. The number of hydrogen-bond acceptors (Lipinski definition) is 5. The predicted octanol–water partition coefficient (Wildman–Crippen LogP) is 1.36. The molecular formula is C14H22N2O4. The summed E-state index contributed by atoms with van der Waals surface area (Å²) in [5.41, 5.74) is 5.97. The van der Waals surface area contributed by atoms with Gasteiger partial charge in [0.1, 0.15) is 5.75 Å². The average molecular weight is 282 g/mol. The zero-order chi connectivity index (χ0) is 15.0. The van der Waals surface area contributed by atoms with Gasteiger partial charge in [0.2, 0.25) is 5.91 Å². The Morgan fingerprint density at radius 2 is 1.85 bits per heavy atom. The highest BCUT2D eigenvalue weighted by Gasteiger charge is 2.15. The number of carbonyl (C=O) groups excluding carboxylic acids is 1. The van der Waals surface area contributed by atoms with E-state index < -0.39 is 0 Å². The summed E-state index contributed by atoms with van der Waals surface area (Å²) in [6.45, 7) is 2.25. The lowest BCUT2D eigenvalue weighted by atomic mass is 10.2. The van der Waals surface area contributed by atoms with Crippen molar-refractivity contribution in [2.24, 2.45) is 5.73 Å². The average Bonchev–Trinajstić information content (AvgIpc) is 2.42. The van der Waals surface area contributed by atoms with Crippen LogP contribution in [0.1, 0.15) is 13.3 Å². The Morgan fingerprint density at radius 3 is 2.35 bits per heavy atom. The zero-order valence-electron chi connectivity index (χ0n) is 12.1. The van der Waals surface area contributed by atoms with E-state index in [0.29, 0.717) is 5.75 Å². The molecule has 20 heavy (non-hydrogen) atoms. The highest BCUT2D eigenvalue weighted by atomic mass is 16.7. The van der Waals surface area contributed by atoms with Crippen LogP contribution in [-0.4, -0.2) is 39.1 Å². The molecule has 0 bridgehead atoms. The van der Waals surface area contributed by atoms with Gasteiger partial charge < -0.3 is 25.3 Å². The molecule has 0 spiro atoms. The van der Waals surface area contributed by atoms with Crippen LogP contribution in [-0.2, 0) is 14.3 Å². The van der Waals surface area contributed by atoms with Crippen LogP contribution in [0, 0.1) is 0 Å². The summed E-state index contributed by atoms with van der Waals surface area (Å²) in [6.07, 6.45) is -0.109. The van der Waals surface area contributed by atoms with Crippen molar-refractivity contribution in [2.75, 3.05) is 26.1 Å². The molecule has 112 valence electrons. The molecule has 1 aromatic rings. The molecule has 0 aliphatic rings. The van der Waals surface area contributed by atoms with Gasteiger partial charge in [-0.15, -0.1) is 0 Å². The van der Waals surface area contributed by atoms with Gasteiger partial charge in [-0.3, -0.25) is 4.79 Å². The first-order valence-electron chi connectivity index (χ1n) is 6.40. The van der Waals surface area contributed by atoms with Crippen LogP contribution in [0.3, 0.4) is 0 Å². The first-order chi connectivity index (χ1) is 9.56. The molecule has 3 N–H and O–H groups in total. The van der Waals surface area contributed by atoms with Crippen LogP contribution < -0.4 is 15.8 Å². The third-order valence-electron chi connectivity index (χ3n) is 2.74. The van der Waals surface area contributed by atoms with E-state index in [4.69, 9.17) is 19.9 Å². The topological polar surface area (TPSA) is 82.8 Å². The molecule has 6 heteroatoms. The lowest BCUT2D eigenvalue weighted by molar-refractivity contribution is -0.118. The molecule has 0 saturated heterocycles. The Bertz CT molecular complexity index is 404. The van der Waals surface area contributed by atoms with Gasteiger partial charge >= 0.3 is 0 Å². The normalized spacial score (nSPS) is 12.2. The van der Waals surface area contributed by atoms with Gasteiger partial charge in [-0.1, -0.05) is 0 Å². The number of methoxy groups -OCH3 is 2. The number of primary amides is 1. The molecule has 0 aliphatic carbocycles. The second kappa shape index (κ2) is 8.39. The van der Waals surface area contributed by atoms with Gasteiger partial charge in [0.15, 0.2) is 6.29 Å². The third-order valence-corrected chi connectivity index (χ3v) is 2.74. The number of nitrogens with one attached hydrogen (secondary N) is 1. The molecule has 0 radical (unpaired) electrons. The van der Waals surface area contributed by atoms with Gasteiger partial charge in [0, 0.05) is 19.9 Å². The monoisotopic (exact) mass is 282 g/mol. The quantitative estimate of drug-likeness (QED) is 0.668. The Kier molecular flexibility index (Phi) is 6.83. The largest absolute Gasteiger partial charge is 0.493 e. The van der Waals surface area contributed by atoms with Crippen molar-refractivity contribution in [3.8, 4) is 5.75 Å². The van der Waals surface area contributed by atoms with Crippen molar-refractivity contribution in [1.29, 1.82) is 0 Å². The maximum Gasteiger partial charge on any atom is 0.220 e. The van der Waals surface area contributed by atoms with E-state index >= 15 is 0 Å². The fourth-order valence-corrected chi connectivity index (χ4v) is 1.75. The van der Waals surface area contributed by atoms with E-state index in [1.54, 1.807) is 14.2 Å². The van der Waals surface area contributed by atoms with Gasteiger partial charge in [0.25, 0.3) is 0 Å². The summed E-state index contributed by atoms with van der Waals surface area (Å²) in [6, 6.07) is 7.43. The summed E-state index contributed by atoms with van der Waals surface area (Å²) in [4.78, 5) is 10.6. The van der Waals surface area contributed by atoms with Gasteiger partial charge in [-0.2, -0.15) is 0 Å². The number of benzene rings is 1. The number of anilines is 1. The molecule has 1 aromatic carbocycles. The van der Waals surface area contributed by atoms with Gasteiger partial charge in [-0.05, 0) is 31.2 Å². The molecule has 0 aromatic heterocycles. The number of ether oxygens (including phenoxy) is 3. The zero-order valence-corrected chi connectivity index (χ0v) is 12.1. The first-order valence-corrected chi connectivity index (χ1v) is 6.40. The molecule has 0 heterocycles. The SMILES string of the molecule is COC(OC)C(C)Nc1ccc(OCCC(N)=O)cc1. The third kappa shape index (κ3) is 5.46. The molecule has 1 atom stereocenters. The minimum absolute atomic E-state index is 0.00614. The number of carbonyl (C=O) groups is 1. The highest BCUT2D eigenvalue weighted by molar-refractivity contribution is 5.73. The smallest absolute Gasteiger partial charge is 0.220 e. The fourth-order valence-electron chi connectivity index (χ4n) is 1.75. The number of rotatable bonds is 9. The minimum atomic E-state index is -0.373. The molecule has 0 saturated carbocycles. The van der Waals surface area contributed by atoms with Crippen LogP contribution in [0.5, 0.6) is 5.75 Å². The fraction of sp³-hybridized carbons (Fsp3) is 0.500. The van der Waals surface area contributed by atoms with Crippen molar-refractivity contribution < 1.29 is 19.0 Å². The van der Waals surface area contributed by atoms with E-state index in [9.17, 15) is 4.79 Å². The van der Waals surface area contributed by atoms with E-state index in [1.807, 2.05) is 31.2 Å². The maximum absolute atomic E-state index is 10.6. The number of hydrogen-bond donors (Lipinski definition) is 2. The molecule has 1 unspecified atom stereocenters. The first kappa shape index (κ1) is 16.3. The molecule has 1 rings (SSSR count). The Labute approximate surface area is 119 Å². The molecule has 0 aliphatic heterocycles. The lowest BCUT2D eigenvalue weighted by Gasteiger charge is -2.23. The number of nitrogens with two attached hydrogens (primary N) is 1. The van der Waals surface area contributed by atoms with Crippen LogP contribution in [0.4, 0.5) is 5.69 Å². The summed E-state index contributed by atoms with van der Waals surface area (Å²) in [5.74, 6) is 0.321. The molecule has 1 amide bonds. The van der Waals surface area contributed by atoms with E-state index in [2.05, 4.69) is 5.32 Å². The van der Waals surface area contributed by atoms with Gasteiger partial charge in [-0.25, -0.2) is 0 Å². The van der Waals surface area contributed by atoms with Crippen LogP contribution in [0.15, 0.2) is 24.3 Å². The van der Waals surface area contributed by atoms with Crippen molar-refractivity contribution in [3.05, 3.63) is 24.3 Å². The van der Waals surface area contributed by atoms with Gasteiger partial charge in [0.05, 0.1) is 19.1 Å². The number of amides is 1.